The molecule has 17 heavy (non-hydrogen) atoms. The monoisotopic (exact) mass is 359 g/mol. The number of likely N-dealkylation sites (N-methyl/N-ethyl adjacent to an activating group) is 1. The molecule has 0 saturated heterocycles. The van der Waals surface area contributed by atoms with E-state index in [0.717, 1.165) is 34.3 Å². The van der Waals surface area contributed by atoms with Crippen LogP contribution in [0.1, 0.15) is 24.9 Å². The minimum atomic E-state index is 0.143. The second-order valence-corrected chi connectivity index (χ2v) is 5.67. The lowest BCUT2D eigenvalue weighted by molar-refractivity contribution is 0.216. The van der Waals surface area contributed by atoms with Crippen molar-refractivity contribution in [3.05, 3.63) is 44.5 Å². The standard InChI is InChI=1S/C13H15Br2NO/c1-2-16-13(12-4-3-7-17-12)10-6-5-9(14)8-11(10)15/h4-6,8,13,16H,2-3,7H2,1H3. The average molecular weight is 361 g/mol. The van der Waals surface area contributed by atoms with Gasteiger partial charge in [0.2, 0.25) is 0 Å². The number of nitrogens with one attached hydrogen (secondary N) is 1. The molecule has 0 radical (unpaired) electrons. The van der Waals surface area contributed by atoms with Crippen LogP contribution in [-0.2, 0) is 4.74 Å². The van der Waals surface area contributed by atoms with Gasteiger partial charge < -0.3 is 10.1 Å². The molecule has 0 saturated carbocycles. The van der Waals surface area contributed by atoms with Crippen LogP contribution in [0.4, 0.5) is 0 Å². The first-order chi connectivity index (χ1) is 8.22. The summed E-state index contributed by atoms with van der Waals surface area (Å²) in [6, 6.07) is 6.38. The van der Waals surface area contributed by atoms with Crippen molar-refractivity contribution in [2.24, 2.45) is 0 Å². The molecule has 1 aromatic rings. The van der Waals surface area contributed by atoms with Gasteiger partial charge in [-0.25, -0.2) is 0 Å². The maximum atomic E-state index is 5.67. The number of ether oxygens (including phenoxy) is 1. The Morgan fingerprint density at radius 1 is 1.41 bits per heavy atom. The summed E-state index contributed by atoms with van der Waals surface area (Å²) in [4.78, 5) is 0. The van der Waals surface area contributed by atoms with Gasteiger partial charge in [-0.15, -0.1) is 0 Å². The van der Waals surface area contributed by atoms with Gasteiger partial charge in [0.25, 0.3) is 0 Å². The Morgan fingerprint density at radius 2 is 2.24 bits per heavy atom. The van der Waals surface area contributed by atoms with Crippen LogP contribution in [0, 0.1) is 0 Å². The Balaban J connectivity index is 2.31. The van der Waals surface area contributed by atoms with Crippen molar-refractivity contribution in [3.63, 3.8) is 0 Å². The molecule has 0 fully saturated rings. The highest BCUT2D eigenvalue weighted by Gasteiger charge is 2.21. The zero-order chi connectivity index (χ0) is 12.3. The largest absolute Gasteiger partial charge is 0.496 e. The molecule has 0 aliphatic carbocycles. The van der Waals surface area contributed by atoms with E-state index >= 15 is 0 Å². The van der Waals surface area contributed by atoms with Crippen LogP contribution in [0.2, 0.25) is 0 Å². The molecule has 1 aliphatic heterocycles. The van der Waals surface area contributed by atoms with E-state index in [4.69, 9.17) is 4.74 Å². The second kappa shape index (κ2) is 6.03. The predicted octanol–water partition coefficient (Wildman–Crippen LogP) is 4.17. The first kappa shape index (κ1) is 13.1. The molecule has 1 aromatic carbocycles. The lowest BCUT2D eigenvalue weighted by atomic mass is 10.0. The fourth-order valence-corrected chi connectivity index (χ4v) is 3.22. The van der Waals surface area contributed by atoms with E-state index in [0.29, 0.717) is 0 Å². The van der Waals surface area contributed by atoms with Crippen LogP contribution in [0.3, 0.4) is 0 Å². The molecular weight excluding hydrogens is 346 g/mol. The molecule has 1 unspecified atom stereocenters. The maximum absolute atomic E-state index is 5.67. The van der Waals surface area contributed by atoms with Crippen molar-refractivity contribution in [1.82, 2.24) is 5.32 Å². The summed E-state index contributed by atoms with van der Waals surface area (Å²) in [5, 5.41) is 3.46. The molecule has 0 aromatic heterocycles. The van der Waals surface area contributed by atoms with Gasteiger partial charge in [-0.3, -0.25) is 0 Å². The first-order valence-electron chi connectivity index (χ1n) is 5.73. The summed E-state index contributed by atoms with van der Waals surface area (Å²) < 4.78 is 7.84. The maximum Gasteiger partial charge on any atom is 0.114 e. The third-order valence-electron chi connectivity index (χ3n) is 2.70. The molecule has 0 spiro atoms. The van der Waals surface area contributed by atoms with Gasteiger partial charge in [-0.2, -0.15) is 0 Å². The van der Waals surface area contributed by atoms with Crippen LogP contribution in [-0.4, -0.2) is 13.2 Å². The Hall–Kier alpha value is -0.320. The summed E-state index contributed by atoms with van der Waals surface area (Å²) >= 11 is 7.08. The van der Waals surface area contributed by atoms with Gasteiger partial charge in [0, 0.05) is 15.4 Å². The Kier molecular flexibility index (Phi) is 4.65. The van der Waals surface area contributed by atoms with E-state index < -0.39 is 0 Å². The van der Waals surface area contributed by atoms with Crippen LogP contribution < -0.4 is 5.32 Å². The number of halogens is 2. The van der Waals surface area contributed by atoms with E-state index in [1.807, 2.05) is 0 Å². The van der Waals surface area contributed by atoms with Gasteiger partial charge in [0.1, 0.15) is 5.76 Å². The average Bonchev–Trinajstić information content (AvgIpc) is 2.80. The van der Waals surface area contributed by atoms with Gasteiger partial charge >= 0.3 is 0 Å². The lowest BCUT2D eigenvalue weighted by Gasteiger charge is -2.21. The van der Waals surface area contributed by atoms with Gasteiger partial charge in [-0.1, -0.05) is 44.8 Å². The van der Waals surface area contributed by atoms with Crippen molar-refractivity contribution in [3.8, 4) is 0 Å². The van der Waals surface area contributed by atoms with Crippen molar-refractivity contribution in [2.75, 3.05) is 13.2 Å². The number of benzene rings is 1. The molecule has 0 amide bonds. The third-order valence-corrected chi connectivity index (χ3v) is 3.88. The summed E-state index contributed by atoms with van der Waals surface area (Å²) in [7, 11) is 0. The number of rotatable bonds is 4. The van der Waals surface area contributed by atoms with Crippen molar-refractivity contribution in [1.29, 1.82) is 0 Å². The fraction of sp³-hybridized carbons (Fsp3) is 0.385. The highest BCUT2D eigenvalue weighted by atomic mass is 79.9. The predicted molar refractivity (Wildman–Crippen MR) is 76.9 cm³/mol. The molecular formula is C13H15Br2NO. The van der Waals surface area contributed by atoms with Crippen molar-refractivity contribution < 1.29 is 4.74 Å². The molecule has 1 atom stereocenters. The minimum Gasteiger partial charge on any atom is -0.496 e. The van der Waals surface area contributed by atoms with Gasteiger partial charge in [0.15, 0.2) is 0 Å². The van der Waals surface area contributed by atoms with E-state index in [1.54, 1.807) is 0 Å². The third kappa shape index (κ3) is 3.12. The summed E-state index contributed by atoms with van der Waals surface area (Å²) in [6.45, 7) is 3.81. The Labute approximate surface area is 119 Å². The smallest absolute Gasteiger partial charge is 0.114 e. The summed E-state index contributed by atoms with van der Waals surface area (Å²) in [5.74, 6) is 1.04. The van der Waals surface area contributed by atoms with Crippen LogP contribution in [0.5, 0.6) is 0 Å². The molecule has 2 nitrogen and oxygen atoms in total. The van der Waals surface area contributed by atoms with E-state index in [1.165, 1.54) is 5.56 Å². The summed E-state index contributed by atoms with van der Waals surface area (Å²) in [5.41, 5.74) is 1.21. The second-order valence-electron chi connectivity index (χ2n) is 3.90. The minimum absolute atomic E-state index is 0.143. The highest BCUT2D eigenvalue weighted by Crippen LogP contribution is 2.32. The van der Waals surface area contributed by atoms with Gasteiger partial charge in [-0.05, 0) is 30.3 Å². The van der Waals surface area contributed by atoms with Gasteiger partial charge in [0.05, 0.1) is 12.6 Å². The zero-order valence-electron chi connectivity index (χ0n) is 9.67. The molecule has 92 valence electrons. The SMILES string of the molecule is CCNC(C1=CCCO1)c1ccc(Br)cc1Br. The molecule has 1 aliphatic rings. The number of hydrogen-bond donors (Lipinski definition) is 1. The van der Waals surface area contributed by atoms with Crippen molar-refractivity contribution in [2.45, 2.75) is 19.4 Å². The van der Waals surface area contributed by atoms with E-state index in [-0.39, 0.29) is 6.04 Å². The number of hydrogen-bond acceptors (Lipinski definition) is 2. The van der Waals surface area contributed by atoms with Crippen LogP contribution in [0.25, 0.3) is 0 Å². The normalized spacial score (nSPS) is 16.5. The highest BCUT2D eigenvalue weighted by molar-refractivity contribution is 9.11. The quantitative estimate of drug-likeness (QED) is 0.870. The van der Waals surface area contributed by atoms with Crippen molar-refractivity contribution >= 4 is 31.9 Å². The van der Waals surface area contributed by atoms with E-state index in [9.17, 15) is 0 Å². The first-order valence-corrected chi connectivity index (χ1v) is 7.32. The molecule has 4 heteroatoms. The van der Waals surface area contributed by atoms with E-state index in [2.05, 4.69) is 68.4 Å². The molecule has 1 N–H and O–H groups in total. The lowest BCUT2D eigenvalue weighted by Crippen LogP contribution is -2.23. The molecule has 2 rings (SSSR count). The topological polar surface area (TPSA) is 21.3 Å². The van der Waals surface area contributed by atoms with Crippen LogP contribution >= 0.6 is 31.9 Å². The Bertz CT molecular complexity index is 431. The summed E-state index contributed by atoms with van der Waals surface area (Å²) in [6.07, 6.45) is 3.17. The zero-order valence-corrected chi connectivity index (χ0v) is 12.8. The molecule has 1 heterocycles. The molecule has 0 bridgehead atoms. The van der Waals surface area contributed by atoms with Crippen LogP contribution in [0.15, 0.2) is 39.0 Å². The fourth-order valence-electron chi connectivity index (χ4n) is 1.94. The Morgan fingerprint density at radius 3 is 2.82 bits per heavy atom.